The summed E-state index contributed by atoms with van der Waals surface area (Å²) >= 11 is 0.962. The number of Topliss-reactive ketones (excluding diaryl/α,β-unsaturated/α-hetero) is 1. The fourth-order valence-electron chi connectivity index (χ4n) is 4.58. The Kier molecular flexibility index (Phi) is 9.43. The number of sulfonamides is 1. The van der Waals surface area contributed by atoms with E-state index in [4.69, 9.17) is 14.6 Å². The molecular weight excluding hydrogens is 593 g/mol. The molecule has 2 aromatic heterocycles. The van der Waals surface area contributed by atoms with Crippen LogP contribution in [0.2, 0.25) is 0 Å². The molecule has 0 unspecified atom stereocenters. The molecule has 0 fully saturated rings. The largest absolute Gasteiger partial charge is 0.491 e. The van der Waals surface area contributed by atoms with Gasteiger partial charge in [-0.15, -0.1) is 16.4 Å². The van der Waals surface area contributed by atoms with Gasteiger partial charge in [-0.1, -0.05) is 54.6 Å². The summed E-state index contributed by atoms with van der Waals surface area (Å²) in [6.07, 6.45) is 2.38. The molecule has 5 aromatic rings. The van der Waals surface area contributed by atoms with Crippen molar-refractivity contribution in [3.63, 3.8) is 0 Å². The smallest absolute Gasteiger partial charge is 0.265 e. The van der Waals surface area contributed by atoms with E-state index in [0.717, 1.165) is 22.5 Å². The van der Waals surface area contributed by atoms with Crippen LogP contribution >= 0.6 is 11.3 Å². The van der Waals surface area contributed by atoms with Gasteiger partial charge in [0.25, 0.3) is 10.0 Å². The van der Waals surface area contributed by atoms with E-state index in [0.29, 0.717) is 40.3 Å². The number of primary sulfonamides is 1. The number of carbonyl (C=O) groups is 1. The molecule has 0 aliphatic heterocycles. The number of ketones is 1. The van der Waals surface area contributed by atoms with Crippen molar-refractivity contribution in [2.75, 3.05) is 13.3 Å². The third kappa shape index (κ3) is 7.80. The predicted octanol–water partition coefficient (Wildman–Crippen LogP) is 5.01. The summed E-state index contributed by atoms with van der Waals surface area (Å²) in [4.78, 5) is 17.7. The Morgan fingerprint density at radius 2 is 1.79 bits per heavy atom. The predicted molar refractivity (Wildman–Crippen MR) is 160 cm³/mol. The molecule has 0 saturated heterocycles. The first-order valence-corrected chi connectivity index (χ1v) is 15.9. The molecule has 3 aromatic carbocycles. The molecule has 0 amide bonds. The van der Waals surface area contributed by atoms with Crippen LogP contribution < -0.4 is 14.6 Å². The number of aromatic nitrogens is 4. The van der Waals surface area contributed by atoms with E-state index < -0.39 is 22.7 Å². The minimum Gasteiger partial charge on any atom is -0.491 e. The number of hydrogen-bond acceptors (Lipinski definition) is 9. The van der Waals surface area contributed by atoms with Gasteiger partial charge in [0.05, 0.1) is 16.4 Å². The lowest BCUT2D eigenvalue weighted by Crippen LogP contribution is -2.24. The standard InChI is InChI=1S/C30H30FN5O5S2/c1-20(22-5-3-2-4-6-22)15-28(37)27(16-21-7-9-24(10-8-21)40-14-13-31)36-18-23(34-35-36)19-41-25-11-12-26-29(17-25)42-30(33-26)43(32,38)39/h2-12,17-18,20,27H,13-16,19H2,1H3,(H2,32,38,39)/t20-,27+/m1/s1. The number of halogens is 1. The second kappa shape index (κ2) is 13.4. The summed E-state index contributed by atoms with van der Waals surface area (Å²) in [5.41, 5.74) is 2.98. The Balaban J connectivity index is 1.32. The van der Waals surface area contributed by atoms with Gasteiger partial charge >= 0.3 is 0 Å². The highest BCUT2D eigenvalue weighted by Crippen LogP contribution is 2.29. The highest BCUT2D eigenvalue weighted by Gasteiger charge is 2.25. The van der Waals surface area contributed by atoms with E-state index >= 15 is 0 Å². The van der Waals surface area contributed by atoms with E-state index in [1.807, 2.05) is 49.4 Å². The van der Waals surface area contributed by atoms with Crippen molar-refractivity contribution in [2.45, 2.75) is 42.7 Å². The van der Waals surface area contributed by atoms with Crippen LogP contribution in [-0.2, 0) is 27.8 Å². The maximum Gasteiger partial charge on any atom is 0.265 e. The Morgan fingerprint density at radius 3 is 2.51 bits per heavy atom. The van der Waals surface area contributed by atoms with Crippen LogP contribution in [0.3, 0.4) is 0 Å². The third-order valence-corrected chi connectivity index (χ3v) is 9.13. The lowest BCUT2D eigenvalue weighted by atomic mass is 9.91. The van der Waals surface area contributed by atoms with Crippen LogP contribution in [0.4, 0.5) is 4.39 Å². The second-order valence-corrected chi connectivity index (χ2v) is 12.8. The summed E-state index contributed by atoms with van der Waals surface area (Å²) in [6, 6.07) is 21.5. The number of hydrogen-bond donors (Lipinski definition) is 1. The van der Waals surface area contributed by atoms with Crippen molar-refractivity contribution >= 4 is 37.4 Å². The molecule has 224 valence electrons. The molecule has 2 N–H and O–H groups in total. The third-order valence-electron chi connectivity index (χ3n) is 6.79. The van der Waals surface area contributed by atoms with Gasteiger partial charge < -0.3 is 9.47 Å². The Bertz CT molecular complexity index is 1790. The van der Waals surface area contributed by atoms with Gasteiger partial charge in [-0.05, 0) is 47.4 Å². The minimum atomic E-state index is -3.90. The Morgan fingerprint density at radius 1 is 1.05 bits per heavy atom. The maximum absolute atomic E-state index is 13.7. The number of fused-ring (bicyclic) bond motifs is 1. The highest BCUT2D eigenvalue weighted by molar-refractivity contribution is 7.91. The Labute approximate surface area is 252 Å². The van der Waals surface area contributed by atoms with Crippen molar-refractivity contribution in [3.8, 4) is 11.5 Å². The molecule has 2 heterocycles. The van der Waals surface area contributed by atoms with Gasteiger partial charge in [0.15, 0.2) is 5.78 Å². The van der Waals surface area contributed by atoms with Crippen molar-refractivity contribution < 1.29 is 27.1 Å². The summed E-state index contributed by atoms with van der Waals surface area (Å²) in [6.45, 7) is 1.51. The monoisotopic (exact) mass is 623 g/mol. The van der Waals surface area contributed by atoms with Gasteiger partial charge in [-0.25, -0.2) is 27.6 Å². The number of ether oxygens (including phenoxy) is 2. The number of nitrogens with two attached hydrogens (primary N) is 1. The number of alkyl halides is 1. The van der Waals surface area contributed by atoms with Crippen LogP contribution in [0.1, 0.15) is 42.1 Å². The SMILES string of the molecule is C[C@H](CC(=O)[C@H](Cc1ccc(OCCF)cc1)n1cc(COc2ccc3nc(S(N)(=O)=O)sc3c2)nn1)c1ccccc1. The van der Waals surface area contributed by atoms with Gasteiger partial charge in [0.2, 0.25) is 4.34 Å². The van der Waals surface area contributed by atoms with Crippen molar-refractivity contribution in [1.29, 1.82) is 0 Å². The van der Waals surface area contributed by atoms with Crippen LogP contribution in [-0.4, -0.2) is 47.5 Å². The minimum absolute atomic E-state index is 0.00721. The van der Waals surface area contributed by atoms with E-state index in [9.17, 15) is 17.6 Å². The summed E-state index contributed by atoms with van der Waals surface area (Å²) in [7, 11) is -3.90. The number of rotatable bonds is 14. The molecule has 10 nitrogen and oxygen atoms in total. The fourth-order valence-corrected chi connectivity index (χ4v) is 6.26. The Hall–Kier alpha value is -4.20. The van der Waals surface area contributed by atoms with Gasteiger partial charge in [0, 0.05) is 12.8 Å². The zero-order chi connectivity index (χ0) is 30.4. The lowest BCUT2D eigenvalue weighted by Gasteiger charge is -2.19. The first-order chi connectivity index (χ1) is 20.7. The highest BCUT2D eigenvalue weighted by atomic mass is 32.2. The molecule has 13 heteroatoms. The quantitative estimate of drug-likeness (QED) is 0.182. The molecule has 5 rings (SSSR count). The second-order valence-electron chi connectivity index (χ2n) is 10.0. The average molecular weight is 624 g/mol. The average Bonchev–Trinajstić information content (AvgIpc) is 3.66. The molecule has 0 saturated carbocycles. The van der Waals surface area contributed by atoms with E-state index in [1.165, 1.54) is 0 Å². The van der Waals surface area contributed by atoms with Gasteiger partial charge in [-0.3, -0.25) is 4.79 Å². The first kappa shape index (κ1) is 30.3. The molecule has 43 heavy (non-hydrogen) atoms. The molecular formula is C30H30FN5O5S2. The molecule has 0 aliphatic rings. The van der Waals surface area contributed by atoms with Gasteiger partial charge in [0.1, 0.15) is 43.1 Å². The van der Waals surface area contributed by atoms with Crippen LogP contribution in [0.5, 0.6) is 11.5 Å². The van der Waals surface area contributed by atoms with E-state index in [-0.39, 0.29) is 29.3 Å². The van der Waals surface area contributed by atoms with Crippen LogP contribution in [0.15, 0.2) is 83.3 Å². The normalized spacial score (nSPS) is 13.1. The van der Waals surface area contributed by atoms with E-state index in [2.05, 4.69) is 15.3 Å². The van der Waals surface area contributed by atoms with Crippen LogP contribution in [0.25, 0.3) is 10.2 Å². The number of benzene rings is 3. The molecule has 2 atom stereocenters. The maximum atomic E-state index is 13.7. The number of thiazole rings is 1. The summed E-state index contributed by atoms with van der Waals surface area (Å²) < 4.78 is 49.0. The zero-order valence-corrected chi connectivity index (χ0v) is 24.9. The van der Waals surface area contributed by atoms with Crippen molar-refractivity contribution in [3.05, 3.63) is 95.8 Å². The zero-order valence-electron chi connectivity index (χ0n) is 23.3. The molecule has 0 spiro atoms. The fraction of sp³-hybridized carbons (Fsp3) is 0.267. The summed E-state index contributed by atoms with van der Waals surface area (Å²) in [5, 5.41) is 13.7. The number of nitrogens with zero attached hydrogens (tertiary/aromatic N) is 4. The number of carbonyl (C=O) groups excluding carboxylic acids is 1. The first-order valence-electron chi connectivity index (χ1n) is 13.5. The van der Waals surface area contributed by atoms with Crippen molar-refractivity contribution in [1.82, 2.24) is 20.0 Å². The molecule has 0 aliphatic carbocycles. The van der Waals surface area contributed by atoms with Gasteiger partial charge in [-0.2, -0.15) is 0 Å². The van der Waals surface area contributed by atoms with Crippen LogP contribution in [0, 0.1) is 0 Å². The topological polar surface area (TPSA) is 139 Å². The summed E-state index contributed by atoms with van der Waals surface area (Å²) in [5.74, 6) is 1.06. The lowest BCUT2D eigenvalue weighted by molar-refractivity contribution is -0.122. The molecule has 0 radical (unpaired) electrons. The van der Waals surface area contributed by atoms with E-state index in [1.54, 1.807) is 41.2 Å². The van der Waals surface area contributed by atoms with Crippen molar-refractivity contribution in [2.24, 2.45) is 5.14 Å². The molecule has 0 bridgehead atoms.